The highest BCUT2D eigenvalue weighted by Crippen LogP contribution is 2.30. The first-order valence-corrected chi connectivity index (χ1v) is 5.84. The zero-order valence-corrected chi connectivity index (χ0v) is 9.72. The number of para-hydroxylation sites is 2. The van der Waals surface area contributed by atoms with Gasteiger partial charge in [-0.25, -0.2) is 0 Å². The molecule has 1 aliphatic heterocycles. The van der Waals surface area contributed by atoms with Gasteiger partial charge in [0.1, 0.15) is 5.75 Å². The van der Waals surface area contributed by atoms with Gasteiger partial charge >= 0.3 is 0 Å². The van der Waals surface area contributed by atoms with Gasteiger partial charge in [-0.15, -0.1) is 0 Å². The van der Waals surface area contributed by atoms with Gasteiger partial charge in [0.15, 0.2) is 0 Å². The maximum atomic E-state index is 9.11. The number of aliphatic hydroxyl groups excluding tert-OH is 1. The summed E-state index contributed by atoms with van der Waals surface area (Å²) in [7, 11) is 1.71. The van der Waals surface area contributed by atoms with Crippen molar-refractivity contribution in [2.24, 2.45) is 5.92 Å². The van der Waals surface area contributed by atoms with E-state index in [-0.39, 0.29) is 0 Å². The third kappa shape index (κ3) is 2.30. The highest BCUT2D eigenvalue weighted by atomic mass is 16.5. The fraction of sp³-hybridized carbons (Fsp3) is 0.538. The minimum absolute atomic E-state index is 0.319. The van der Waals surface area contributed by atoms with Crippen LogP contribution in [0.2, 0.25) is 0 Å². The summed E-state index contributed by atoms with van der Waals surface area (Å²) >= 11 is 0. The Morgan fingerprint density at radius 1 is 1.31 bits per heavy atom. The molecule has 0 unspecified atom stereocenters. The Kier molecular flexibility index (Phi) is 3.67. The summed E-state index contributed by atoms with van der Waals surface area (Å²) in [6, 6.07) is 8.12. The van der Waals surface area contributed by atoms with Crippen molar-refractivity contribution in [3.8, 4) is 5.75 Å². The predicted octanol–water partition coefficient (Wildman–Crippen LogP) is 1.90. The molecule has 0 radical (unpaired) electrons. The molecule has 3 nitrogen and oxygen atoms in total. The van der Waals surface area contributed by atoms with Crippen molar-refractivity contribution < 1.29 is 9.84 Å². The van der Waals surface area contributed by atoms with Crippen molar-refractivity contribution in [1.29, 1.82) is 0 Å². The van der Waals surface area contributed by atoms with Gasteiger partial charge in [-0.3, -0.25) is 0 Å². The van der Waals surface area contributed by atoms with Crippen LogP contribution in [-0.4, -0.2) is 31.9 Å². The topological polar surface area (TPSA) is 32.7 Å². The van der Waals surface area contributed by atoms with Crippen LogP contribution in [0.25, 0.3) is 0 Å². The van der Waals surface area contributed by atoms with Crippen LogP contribution in [0.1, 0.15) is 12.8 Å². The molecule has 88 valence electrons. The lowest BCUT2D eigenvalue weighted by atomic mass is 9.97. The van der Waals surface area contributed by atoms with Crippen LogP contribution in [0.5, 0.6) is 5.75 Å². The molecule has 0 saturated carbocycles. The second kappa shape index (κ2) is 5.21. The first-order chi connectivity index (χ1) is 7.85. The monoisotopic (exact) mass is 221 g/mol. The van der Waals surface area contributed by atoms with Gasteiger partial charge in [-0.05, 0) is 30.9 Å². The lowest BCUT2D eigenvalue weighted by Gasteiger charge is -2.33. The normalized spacial score (nSPS) is 17.5. The predicted molar refractivity (Wildman–Crippen MR) is 65.0 cm³/mol. The Labute approximate surface area is 96.6 Å². The van der Waals surface area contributed by atoms with E-state index < -0.39 is 0 Å². The van der Waals surface area contributed by atoms with Gasteiger partial charge in [0.2, 0.25) is 0 Å². The number of aliphatic hydroxyl groups is 1. The molecular weight excluding hydrogens is 202 g/mol. The summed E-state index contributed by atoms with van der Waals surface area (Å²) in [4.78, 5) is 2.34. The number of hydrogen-bond acceptors (Lipinski definition) is 3. The van der Waals surface area contributed by atoms with E-state index in [4.69, 9.17) is 9.84 Å². The van der Waals surface area contributed by atoms with E-state index in [2.05, 4.69) is 11.0 Å². The average molecular weight is 221 g/mol. The summed E-state index contributed by atoms with van der Waals surface area (Å²) in [5.74, 6) is 1.41. The molecule has 16 heavy (non-hydrogen) atoms. The molecule has 1 saturated heterocycles. The molecular formula is C13H19NO2. The quantitative estimate of drug-likeness (QED) is 0.846. The zero-order chi connectivity index (χ0) is 11.4. The number of hydrogen-bond donors (Lipinski definition) is 1. The van der Waals surface area contributed by atoms with Gasteiger partial charge in [-0.1, -0.05) is 12.1 Å². The van der Waals surface area contributed by atoms with Gasteiger partial charge < -0.3 is 14.7 Å². The third-order valence-electron chi connectivity index (χ3n) is 3.30. The molecule has 1 N–H and O–H groups in total. The minimum Gasteiger partial charge on any atom is -0.495 e. The number of methoxy groups -OCH3 is 1. The molecule has 3 heteroatoms. The van der Waals surface area contributed by atoms with E-state index >= 15 is 0 Å². The second-order valence-electron chi connectivity index (χ2n) is 4.28. The minimum atomic E-state index is 0.319. The Hall–Kier alpha value is -1.22. The number of piperidine rings is 1. The number of ether oxygens (including phenoxy) is 1. The summed E-state index contributed by atoms with van der Waals surface area (Å²) in [6.45, 7) is 2.33. The van der Waals surface area contributed by atoms with Crippen LogP contribution in [-0.2, 0) is 0 Å². The fourth-order valence-corrected chi connectivity index (χ4v) is 2.25. The fourth-order valence-electron chi connectivity index (χ4n) is 2.25. The lowest BCUT2D eigenvalue weighted by Crippen LogP contribution is -2.34. The second-order valence-corrected chi connectivity index (χ2v) is 4.28. The standard InChI is InChI=1S/C13H19NO2/c1-16-13-5-3-2-4-12(13)14-8-6-11(10-15)7-9-14/h2-5,11,15H,6-10H2,1H3. The van der Waals surface area contributed by atoms with Crippen molar-refractivity contribution >= 4 is 5.69 Å². The van der Waals surface area contributed by atoms with Crippen molar-refractivity contribution in [2.75, 3.05) is 31.7 Å². The van der Waals surface area contributed by atoms with E-state index in [0.717, 1.165) is 31.7 Å². The maximum Gasteiger partial charge on any atom is 0.142 e. The van der Waals surface area contributed by atoms with Crippen molar-refractivity contribution in [2.45, 2.75) is 12.8 Å². The van der Waals surface area contributed by atoms with Gasteiger partial charge in [0.05, 0.1) is 12.8 Å². The molecule has 2 rings (SSSR count). The molecule has 1 aromatic rings. The van der Waals surface area contributed by atoms with Crippen molar-refractivity contribution in [3.63, 3.8) is 0 Å². The van der Waals surface area contributed by atoms with Gasteiger partial charge in [0.25, 0.3) is 0 Å². The van der Waals surface area contributed by atoms with E-state index in [0.29, 0.717) is 12.5 Å². The largest absolute Gasteiger partial charge is 0.495 e. The van der Waals surface area contributed by atoms with Crippen molar-refractivity contribution in [1.82, 2.24) is 0 Å². The maximum absolute atomic E-state index is 9.11. The van der Waals surface area contributed by atoms with Gasteiger partial charge in [0, 0.05) is 19.7 Å². The van der Waals surface area contributed by atoms with Crippen LogP contribution in [0.15, 0.2) is 24.3 Å². The van der Waals surface area contributed by atoms with Gasteiger partial charge in [-0.2, -0.15) is 0 Å². The van der Waals surface area contributed by atoms with E-state index in [1.807, 2.05) is 18.2 Å². The molecule has 1 fully saturated rings. The number of anilines is 1. The van der Waals surface area contributed by atoms with Crippen molar-refractivity contribution in [3.05, 3.63) is 24.3 Å². The molecule has 0 amide bonds. The molecule has 1 aromatic carbocycles. The molecule has 0 atom stereocenters. The summed E-state index contributed by atoms with van der Waals surface area (Å²) in [5.41, 5.74) is 1.17. The molecule has 1 aliphatic rings. The van der Waals surface area contributed by atoms with Crippen LogP contribution >= 0.6 is 0 Å². The molecule has 0 aliphatic carbocycles. The smallest absolute Gasteiger partial charge is 0.142 e. The first kappa shape index (κ1) is 11.3. The van der Waals surface area contributed by atoms with E-state index in [1.54, 1.807) is 7.11 Å². The average Bonchev–Trinajstić information content (AvgIpc) is 2.39. The number of benzene rings is 1. The Balaban J connectivity index is 2.07. The number of rotatable bonds is 3. The van der Waals surface area contributed by atoms with Crippen LogP contribution in [0.4, 0.5) is 5.69 Å². The first-order valence-electron chi connectivity index (χ1n) is 5.84. The molecule has 1 heterocycles. The lowest BCUT2D eigenvalue weighted by molar-refractivity contribution is 0.203. The SMILES string of the molecule is COc1ccccc1N1CCC(CO)CC1. The summed E-state index contributed by atoms with van der Waals surface area (Å²) < 4.78 is 5.36. The Morgan fingerprint density at radius 2 is 2.00 bits per heavy atom. The van der Waals surface area contributed by atoms with Crippen LogP contribution in [0, 0.1) is 5.92 Å². The molecule has 0 spiro atoms. The van der Waals surface area contributed by atoms with Crippen LogP contribution < -0.4 is 9.64 Å². The highest BCUT2D eigenvalue weighted by molar-refractivity contribution is 5.58. The number of nitrogens with zero attached hydrogens (tertiary/aromatic N) is 1. The van der Waals surface area contributed by atoms with E-state index in [9.17, 15) is 0 Å². The van der Waals surface area contributed by atoms with Crippen LogP contribution in [0.3, 0.4) is 0 Å². The summed E-state index contributed by atoms with van der Waals surface area (Å²) in [6.07, 6.45) is 2.13. The Morgan fingerprint density at radius 3 is 2.62 bits per heavy atom. The Bertz CT molecular complexity index is 332. The molecule has 0 bridgehead atoms. The molecule has 0 aromatic heterocycles. The third-order valence-corrected chi connectivity index (χ3v) is 3.30. The zero-order valence-electron chi connectivity index (χ0n) is 9.72. The van der Waals surface area contributed by atoms with E-state index in [1.165, 1.54) is 5.69 Å². The summed E-state index contributed by atoms with van der Waals surface area (Å²) in [5, 5.41) is 9.11. The highest BCUT2D eigenvalue weighted by Gasteiger charge is 2.20.